The van der Waals surface area contributed by atoms with Crippen LogP contribution < -0.4 is 5.32 Å². The number of fused-ring (bicyclic) bond motifs is 1. The molecule has 0 bridgehead atoms. The summed E-state index contributed by atoms with van der Waals surface area (Å²) in [5.74, 6) is 0. The van der Waals surface area contributed by atoms with Gasteiger partial charge in [-0.1, -0.05) is 84.9 Å². The van der Waals surface area contributed by atoms with Gasteiger partial charge in [0.25, 0.3) is 5.69 Å². The second-order valence-electron chi connectivity index (χ2n) is 7.15. The van der Waals surface area contributed by atoms with Gasteiger partial charge in [-0.2, -0.15) is 0 Å². The zero-order valence-corrected chi connectivity index (χ0v) is 16.2. The molecule has 0 aromatic heterocycles. The van der Waals surface area contributed by atoms with Gasteiger partial charge in [-0.05, 0) is 34.4 Å². The molecular formula is C25H22N2O2. The fourth-order valence-electron chi connectivity index (χ4n) is 3.82. The summed E-state index contributed by atoms with van der Waals surface area (Å²) in [7, 11) is 0. The van der Waals surface area contributed by atoms with E-state index in [1.165, 1.54) is 22.4 Å². The summed E-state index contributed by atoms with van der Waals surface area (Å²) in [6, 6.07) is 31.4. The number of nitro benzene ring substituents is 1. The van der Waals surface area contributed by atoms with Crippen LogP contribution in [0.1, 0.15) is 35.7 Å². The Kier molecular flexibility index (Phi) is 5.36. The molecule has 0 aliphatic rings. The van der Waals surface area contributed by atoms with Gasteiger partial charge in [-0.15, -0.1) is 0 Å². The predicted octanol–water partition coefficient (Wildman–Crippen LogP) is 6.19. The molecule has 4 rings (SSSR count). The molecular weight excluding hydrogens is 360 g/mol. The van der Waals surface area contributed by atoms with E-state index in [9.17, 15) is 10.1 Å². The first-order valence-electron chi connectivity index (χ1n) is 9.66. The highest BCUT2D eigenvalue weighted by Crippen LogP contribution is 2.30. The zero-order valence-electron chi connectivity index (χ0n) is 16.2. The van der Waals surface area contributed by atoms with Crippen molar-refractivity contribution < 1.29 is 4.92 Å². The van der Waals surface area contributed by atoms with Gasteiger partial charge >= 0.3 is 0 Å². The summed E-state index contributed by atoms with van der Waals surface area (Å²) in [5.41, 5.74) is 3.25. The van der Waals surface area contributed by atoms with Crippen LogP contribution in [0.15, 0.2) is 97.1 Å². The first-order valence-corrected chi connectivity index (χ1v) is 9.66. The Bertz CT molecular complexity index is 1140. The smallest absolute Gasteiger partial charge is 0.269 e. The number of nitrogens with one attached hydrogen (secondary N) is 1. The lowest BCUT2D eigenvalue weighted by Crippen LogP contribution is -2.26. The highest BCUT2D eigenvalue weighted by molar-refractivity contribution is 5.86. The molecule has 1 unspecified atom stereocenters. The molecule has 0 radical (unpaired) electrons. The molecule has 0 aliphatic heterocycles. The summed E-state index contributed by atoms with van der Waals surface area (Å²) in [5, 5.41) is 17.4. The molecule has 4 heteroatoms. The third-order valence-electron chi connectivity index (χ3n) is 5.25. The Morgan fingerprint density at radius 2 is 1.45 bits per heavy atom. The molecule has 4 nitrogen and oxygen atoms in total. The standard InChI is InChI=1S/C25H22N2O2/c1-18(23-16-8-12-19-9-5-6-15-24(19)23)26-25(20-10-3-2-4-11-20)21-13-7-14-22(17-21)27(28)29/h2-18,25-26H,1H3/t18-,25?/m1/s1. The molecule has 29 heavy (non-hydrogen) atoms. The summed E-state index contributed by atoms with van der Waals surface area (Å²) in [6.07, 6.45) is 0. The maximum absolute atomic E-state index is 11.3. The number of hydrogen-bond donors (Lipinski definition) is 1. The highest BCUT2D eigenvalue weighted by Gasteiger charge is 2.20. The molecule has 0 amide bonds. The molecule has 2 atom stereocenters. The van der Waals surface area contributed by atoms with Crippen molar-refractivity contribution >= 4 is 16.5 Å². The van der Waals surface area contributed by atoms with E-state index in [1.807, 2.05) is 48.5 Å². The summed E-state index contributed by atoms with van der Waals surface area (Å²) in [6.45, 7) is 2.13. The maximum atomic E-state index is 11.3. The average Bonchev–Trinajstić information content (AvgIpc) is 2.77. The Morgan fingerprint density at radius 3 is 2.24 bits per heavy atom. The van der Waals surface area contributed by atoms with Crippen LogP contribution in [-0.2, 0) is 0 Å². The van der Waals surface area contributed by atoms with Crippen molar-refractivity contribution in [2.24, 2.45) is 0 Å². The van der Waals surface area contributed by atoms with E-state index in [4.69, 9.17) is 0 Å². The van der Waals surface area contributed by atoms with Gasteiger partial charge in [-0.3, -0.25) is 15.4 Å². The number of benzene rings is 4. The van der Waals surface area contributed by atoms with Crippen molar-refractivity contribution in [1.82, 2.24) is 5.32 Å². The SMILES string of the molecule is C[C@@H](NC(c1ccccc1)c1cccc([N+](=O)[O-])c1)c1cccc2ccccc12. The second kappa shape index (κ2) is 8.25. The first-order chi connectivity index (χ1) is 14.1. The van der Waals surface area contributed by atoms with E-state index in [1.54, 1.807) is 12.1 Å². The minimum absolute atomic E-state index is 0.0468. The Hall–Kier alpha value is -3.50. The normalized spacial score (nSPS) is 13.1. The fraction of sp³-hybridized carbons (Fsp3) is 0.120. The van der Waals surface area contributed by atoms with Gasteiger partial charge in [0.1, 0.15) is 0 Å². The summed E-state index contributed by atoms with van der Waals surface area (Å²) in [4.78, 5) is 10.9. The Labute approximate surface area is 170 Å². The third kappa shape index (κ3) is 4.03. The molecule has 0 heterocycles. The average molecular weight is 382 g/mol. The molecule has 144 valence electrons. The van der Waals surface area contributed by atoms with E-state index < -0.39 is 0 Å². The fourth-order valence-corrected chi connectivity index (χ4v) is 3.82. The number of rotatable bonds is 6. The number of hydrogen-bond acceptors (Lipinski definition) is 3. The molecule has 0 saturated carbocycles. The van der Waals surface area contributed by atoms with E-state index >= 15 is 0 Å². The van der Waals surface area contributed by atoms with Crippen molar-refractivity contribution in [3.63, 3.8) is 0 Å². The van der Waals surface area contributed by atoms with Crippen LogP contribution in [0.5, 0.6) is 0 Å². The van der Waals surface area contributed by atoms with Gasteiger partial charge in [0.2, 0.25) is 0 Å². The van der Waals surface area contributed by atoms with Crippen molar-refractivity contribution in [3.05, 3.63) is 124 Å². The second-order valence-corrected chi connectivity index (χ2v) is 7.15. The molecule has 4 aromatic rings. The Balaban J connectivity index is 1.74. The lowest BCUT2D eigenvalue weighted by atomic mass is 9.94. The monoisotopic (exact) mass is 382 g/mol. The van der Waals surface area contributed by atoms with E-state index in [0.29, 0.717) is 0 Å². The van der Waals surface area contributed by atoms with Crippen molar-refractivity contribution in [2.75, 3.05) is 0 Å². The van der Waals surface area contributed by atoms with Crippen LogP contribution in [0.4, 0.5) is 5.69 Å². The van der Waals surface area contributed by atoms with Gasteiger partial charge < -0.3 is 0 Å². The van der Waals surface area contributed by atoms with Crippen LogP contribution in [0, 0.1) is 10.1 Å². The highest BCUT2D eigenvalue weighted by atomic mass is 16.6. The van der Waals surface area contributed by atoms with E-state index in [2.05, 4.69) is 42.6 Å². The number of nitro groups is 1. The minimum Gasteiger partial charge on any atom is -0.300 e. The molecule has 0 fully saturated rings. The van der Waals surface area contributed by atoms with Gasteiger partial charge in [0.15, 0.2) is 0 Å². The minimum atomic E-state index is -0.348. The van der Waals surface area contributed by atoms with Crippen LogP contribution in [0.25, 0.3) is 10.8 Å². The van der Waals surface area contributed by atoms with Gasteiger partial charge in [0, 0.05) is 18.2 Å². The molecule has 0 saturated heterocycles. The number of nitrogens with zero attached hydrogens (tertiary/aromatic N) is 1. The predicted molar refractivity (Wildman–Crippen MR) is 117 cm³/mol. The molecule has 1 N–H and O–H groups in total. The van der Waals surface area contributed by atoms with Crippen molar-refractivity contribution in [2.45, 2.75) is 19.0 Å². The molecule has 0 spiro atoms. The lowest BCUT2D eigenvalue weighted by Gasteiger charge is -2.25. The first kappa shape index (κ1) is 18.8. The van der Waals surface area contributed by atoms with E-state index in [0.717, 1.165) is 11.1 Å². The molecule has 4 aromatic carbocycles. The topological polar surface area (TPSA) is 55.2 Å². The van der Waals surface area contributed by atoms with E-state index in [-0.39, 0.29) is 22.7 Å². The zero-order chi connectivity index (χ0) is 20.2. The lowest BCUT2D eigenvalue weighted by molar-refractivity contribution is -0.384. The van der Waals surface area contributed by atoms with Crippen LogP contribution in [0.3, 0.4) is 0 Å². The number of non-ortho nitro benzene ring substituents is 1. The van der Waals surface area contributed by atoms with Gasteiger partial charge in [-0.25, -0.2) is 0 Å². The Morgan fingerprint density at radius 1 is 0.793 bits per heavy atom. The van der Waals surface area contributed by atoms with Crippen LogP contribution in [-0.4, -0.2) is 4.92 Å². The third-order valence-corrected chi connectivity index (χ3v) is 5.25. The quantitative estimate of drug-likeness (QED) is 0.320. The molecule has 0 aliphatic carbocycles. The van der Waals surface area contributed by atoms with Crippen LogP contribution >= 0.6 is 0 Å². The summed E-state index contributed by atoms with van der Waals surface area (Å²) >= 11 is 0. The van der Waals surface area contributed by atoms with Crippen molar-refractivity contribution in [3.8, 4) is 0 Å². The van der Waals surface area contributed by atoms with Crippen molar-refractivity contribution in [1.29, 1.82) is 0 Å². The maximum Gasteiger partial charge on any atom is 0.269 e. The van der Waals surface area contributed by atoms with Gasteiger partial charge in [0.05, 0.1) is 11.0 Å². The van der Waals surface area contributed by atoms with Crippen LogP contribution in [0.2, 0.25) is 0 Å². The summed E-state index contributed by atoms with van der Waals surface area (Å²) < 4.78 is 0. The largest absolute Gasteiger partial charge is 0.300 e.